The number of aromatic nitrogens is 4. The highest BCUT2D eigenvalue weighted by molar-refractivity contribution is 7.99. The number of nitrogens with zero attached hydrogens (tertiary/aromatic N) is 4. The number of nitrogens with one attached hydrogen (secondary N) is 2. The van der Waals surface area contributed by atoms with E-state index in [2.05, 4.69) is 20.8 Å². The van der Waals surface area contributed by atoms with Crippen molar-refractivity contribution in [3.05, 3.63) is 58.9 Å². The van der Waals surface area contributed by atoms with Gasteiger partial charge in [-0.25, -0.2) is 0 Å². The van der Waals surface area contributed by atoms with Crippen LogP contribution in [0, 0.1) is 0 Å². The van der Waals surface area contributed by atoms with E-state index in [1.165, 1.54) is 16.3 Å². The van der Waals surface area contributed by atoms with Crippen molar-refractivity contribution in [1.82, 2.24) is 24.5 Å². The van der Waals surface area contributed by atoms with Gasteiger partial charge in [-0.1, -0.05) is 36.0 Å². The van der Waals surface area contributed by atoms with Gasteiger partial charge >= 0.3 is 0 Å². The number of rotatable bonds is 9. The summed E-state index contributed by atoms with van der Waals surface area (Å²) in [7, 11) is 1.54. The minimum absolute atomic E-state index is 0.00828. The monoisotopic (exact) mass is 494 g/mol. The molecular formula is C24H26N6O4S. The number of para-hydroxylation sites is 3. The highest BCUT2D eigenvalue weighted by Gasteiger charge is 2.18. The molecule has 0 unspecified atom stereocenters. The summed E-state index contributed by atoms with van der Waals surface area (Å²) in [6.07, 6.45) is 0.128. The predicted molar refractivity (Wildman–Crippen MR) is 135 cm³/mol. The molecular weight excluding hydrogens is 468 g/mol. The first-order valence-electron chi connectivity index (χ1n) is 11.1. The van der Waals surface area contributed by atoms with Crippen LogP contribution in [0.4, 0.5) is 5.69 Å². The van der Waals surface area contributed by atoms with Crippen LogP contribution in [-0.4, -0.2) is 49.9 Å². The summed E-state index contributed by atoms with van der Waals surface area (Å²) in [6.45, 7) is 3.91. The number of carbonyl (C=O) groups excluding carboxylic acids is 2. The molecule has 4 aromatic rings. The lowest BCUT2D eigenvalue weighted by Crippen LogP contribution is -2.32. The number of methoxy groups -OCH3 is 1. The van der Waals surface area contributed by atoms with Gasteiger partial charge in [0.2, 0.25) is 17.6 Å². The van der Waals surface area contributed by atoms with E-state index >= 15 is 0 Å². The number of fused-ring (bicyclic) bond motifs is 3. The Morgan fingerprint density at radius 2 is 1.80 bits per heavy atom. The Hall–Kier alpha value is -3.86. The van der Waals surface area contributed by atoms with Gasteiger partial charge in [-0.3, -0.25) is 23.4 Å². The third-order valence-corrected chi connectivity index (χ3v) is 6.13. The molecule has 0 aliphatic rings. The Morgan fingerprint density at radius 1 is 1.06 bits per heavy atom. The second-order valence-electron chi connectivity index (χ2n) is 8.10. The predicted octanol–water partition coefficient (Wildman–Crippen LogP) is 2.70. The fourth-order valence-corrected chi connectivity index (χ4v) is 4.44. The van der Waals surface area contributed by atoms with Gasteiger partial charge in [-0.05, 0) is 38.1 Å². The summed E-state index contributed by atoms with van der Waals surface area (Å²) in [5.74, 6) is 0.567. The zero-order valence-electron chi connectivity index (χ0n) is 19.6. The maximum Gasteiger partial charge on any atom is 0.262 e. The summed E-state index contributed by atoms with van der Waals surface area (Å²) in [5, 5.41) is 15.1. The standard InChI is InChI=1S/C24H26N6O4S/c1-15(2)25-20(31)12-13-29-22(33)16-8-4-6-10-18(16)30-23(29)27-28-24(30)35-14-21(32)26-17-9-5-7-11-19(17)34-3/h4-11,15H,12-14H2,1-3H3,(H,25,31)(H,26,32). The van der Waals surface area contributed by atoms with Crippen LogP contribution in [0.15, 0.2) is 58.5 Å². The Kier molecular flexibility index (Phi) is 7.35. The SMILES string of the molecule is COc1ccccc1NC(=O)CSc1nnc2n(CCC(=O)NC(C)C)c(=O)c3ccccc3n12. The molecule has 10 nitrogen and oxygen atoms in total. The third-order valence-electron chi connectivity index (χ3n) is 5.20. The molecule has 0 radical (unpaired) electrons. The summed E-state index contributed by atoms with van der Waals surface area (Å²) in [4.78, 5) is 38.0. The first-order chi connectivity index (χ1) is 16.9. The number of benzene rings is 2. The lowest BCUT2D eigenvalue weighted by atomic mass is 10.2. The van der Waals surface area contributed by atoms with E-state index in [0.29, 0.717) is 33.3 Å². The van der Waals surface area contributed by atoms with Gasteiger partial charge in [0.05, 0.1) is 29.5 Å². The van der Waals surface area contributed by atoms with E-state index in [0.717, 1.165) is 0 Å². The lowest BCUT2D eigenvalue weighted by Gasteiger charge is -2.12. The van der Waals surface area contributed by atoms with Crippen LogP contribution in [0.3, 0.4) is 0 Å². The number of ether oxygens (including phenoxy) is 1. The normalized spacial score (nSPS) is 11.2. The first kappa shape index (κ1) is 24.3. The highest BCUT2D eigenvalue weighted by Crippen LogP contribution is 2.25. The molecule has 2 aromatic carbocycles. The summed E-state index contributed by atoms with van der Waals surface area (Å²) in [5.41, 5.74) is 0.960. The summed E-state index contributed by atoms with van der Waals surface area (Å²) < 4.78 is 8.48. The molecule has 0 spiro atoms. The zero-order valence-corrected chi connectivity index (χ0v) is 20.5. The summed E-state index contributed by atoms with van der Waals surface area (Å²) >= 11 is 1.20. The topological polar surface area (TPSA) is 120 Å². The fraction of sp³-hybridized carbons (Fsp3) is 0.292. The van der Waals surface area contributed by atoms with Crippen molar-refractivity contribution < 1.29 is 14.3 Å². The lowest BCUT2D eigenvalue weighted by molar-refractivity contribution is -0.121. The number of thioether (sulfide) groups is 1. The van der Waals surface area contributed by atoms with Crippen LogP contribution in [0.25, 0.3) is 16.7 Å². The van der Waals surface area contributed by atoms with Crippen LogP contribution in [0.1, 0.15) is 20.3 Å². The molecule has 35 heavy (non-hydrogen) atoms. The van der Waals surface area contributed by atoms with Crippen molar-refractivity contribution in [1.29, 1.82) is 0 Å². The van der Waals surface area contributed by atoms with Gasteiger partial charge in [0.25, 0.3) is 5.56 Å². The minimum Gasteiger partial charge on any atom is -0.495 e. The molecule has 2 amide bonds. The van der Waals surface area contributed by atoms with Gasteiger partial charge in [0.1, 0.15) is 5.75 Å². The molecule has 2 aromatic heterocycles. The van der Waals surface area contributed by atoms with E-state index < -0.39 is 0 Å². The van der Waals surface area contributed by atoms with Crippen LogP contribution in [-0.2, 0) is 16.1 Å². The highest BCUT2D eigenvalue weighted by atomic mass is 32.2. The van der Waals surface area contributed by atoms with E-state index in [4.69, 9.17) is 4.74 Å². The Balaban J connectivity index is 1.62. The third kappa shape index (κ3) is 5.29. The van der Waals surface area contributed by atoms with Crippen LogP contribution >= 0.6 is 11.8 Å². The quantitative estimate of drug-likeness (QED) is 0.343. The number of aryl methyl sites for hydroxylation is 1. The van der Waals surface area contributed by atoms with Crippen molar-refractivity contribution in [3.8, 4) is 5.75 Å². The van der Waals surface area contributed by atoms with Gasteiger partial charge in [0, 0.05) is 19.0 Å². The van der Waals surface area contributed by atoms with Gasteiger partial charge in [-0.15, -0.1) is 10.2 Å². The molecule has 0 atom stereocenters. The van der Waals surface area contributed by atoms with Crippen LogP contribution in [0.2, 0.25) is 0 Å². The van der Waals surface area contributed by atoms with Crippen LogP contribution in [0.5, 0.6) is 5.75 Å². The Morgan fingerprint density at radius 3 is 2.57 bits per heavy atom. The molecule has 11 heteroatoms. The maximum absolute atomic E-state index is 13.2. The van der Waals surface area contributed by atoms with E-state index in [-0.39, 0.29) is 42.1 Å². The molecule has 182 valence electrons. The number of carbonyl (C=O) groups is 2. The molecule has 2 heterocycles. The van der Waals surface area contributed by atoms with Crippen molar-refractivity contribution in [2.75, 3.05) is 18.2 Å². The smallest absolute Gasteiger partial charge is 0.262 e. The van der Waals surface area contributed by atoms with Crippen LogP contribution < -0.4 is 20.9 Å². The molecule has 2 N–H and O–H groups in total. The summed E-state index contributed by atoms with van der Waals surface area (Å²) in [6, 6.07) is 14.3. The van der Waals surface area contributed by atoms with E-state index in [9.17, 15) is 14.4 Å². The Labute approximate surface area is 205 Å². The number of hydrogen-bond acceptors (Lipinski definition) is 7. The average molecular weight is 495 g/mol. The second-order valence-corrected chi connectivity index (χ2v) is 9.04. The van der Waals surface area contributed by atoms with Crippen molar-refractivity contribution in [2.24, 2.45) is 0 Å². The molecule has 0 aliphatic carbocycles. The molecule has 0 fully saturated rings. The second kappa shape index (κ2) is 10.6. The van der Waals surface area contributed by atoms with Gasteiger partial charge in [0.15, 0.2) is 5.16 Å². The first-order valence-corrected chi connectivity index (χ1v) is 12.1. The van der Waals surface area contributed by atoms with Crippen molar-refractivity contribution >= 4 is 45.9 Å². The molecule has 0 aliphatic heterocycles. The van der Waals surface area contributed by atoms with Gasteiger partial charge < -0.3 is 15.4 Å². The largest absolute Gasteiger partial charge is 0.495 e. The van der Waals surface area contributed by atoms with Crippen molar-refractivity contribution in [3.63, 3.8) is 0 Å². The zero-order chi connectivity index (χ0) is 24.9. The van der Waals surface area contributed by atoms with Gasteiger partial charge in [-0.2, -0.15) is 0 Å². The molecule has 0 bridgehead atoms. The van der Waals surface area contributed by atoms with Crippen molar-refractivity contribution in [2.45, 2.75) is 38.0 Å². The number of hydrogen-bond donors (Lipinski definition) is 2. The average Bonchev–Trinajstić information content (AvgIpc) is 3.26. The molecule has 0 saturated carbocycles. The molecule has 0 saturated heterocycles. The van der Waals surface area contributed by atoms with E-state index in [1.807, 2.05) is 38.1 Å². The minimum atomic E-state index is -0.247. The fourth-order valence-electron chi connectivity index (χ4n) is 3.70. The molecule has 4 rings (SSSR count). The maximum atomic E-state index is 13.2. The number of amides is 2. The van der Waals surface area contributed by atoms with E-state index in [1.54, 1.807) is 35.8 Å². The Bertz CT molecular complexity index is 1450. The number of anilines is 1.